The number of aliphatic carboxylic acids is 1. The smallest absolute Gasteiger partial charge is 0.325 e. The van der Waals surface area contributed by atoms with E-state index in [1.165, 1.54) is 26.2 Å². The van der Waals surface area contributed by atoms with Crippen LogP contribution in [0, 0.1) is 5.82 Å². The van der Waals surface area contributed by atoms with Crippen LogP contribution in [0.25, 0.3) is 0 Å². The lowest BCUT2D eigenvalue weighted by Gasteiger charge is -2.38. The molecular weight excluding hydrogens is 379 g/mol. The van der Waals surface area contributed by atoms with Crippen molar-refractivity contribution in [3.8, 4) is 11.5 Å². The van der Waals surface area contributed by atoms with E-state index >= 15 is 0 Å². The number of rotatable bonds is 5. The Kier molecular flexibility index (Phi) is 5.91. The van der Waals surface area contributed by atoms with Crippen molar-refractivity contribution in [2.75, 3.05) is 20.8 Å². The second kappa shape index (κ2) is 8.38. The second-order valence-electron chi connectivity index (χ2n) is 6.81. The van der Waals surface area contributed by atoms with Crippen molar-refractivity contribution < 1.29 is 28.6 Å². The summed E-state index contributed by atoms with van der Waals surface area (Å²) in [5.74, 6) is -0.408. The van der Waals surface area contributed by atoms with E-state index in [4.69, 9.17) is 14.6 Å². The fourth-order valence-corrected chi connectivity index (χ4v) is 3.50. The summed E-state index contributed by atoms with van der Waals surface area (Å²) in [4.78, 5) is 25.6. The van der Waals surface area contributed by atoms with Crippen LogP contribution >= 0.6 is 0 Å². The van der Waals surface area contributed by atoms with Crippen LogP contribution in [-0.4, -0.2) is 48.8 Å². The van der Waals surface area contributed by atoms with Crippen molar-refractivity contribution in [3.05, 3.63) is 58.9 Å². The highest BCUT2D eigenvalue weighted by molar-refractivity contribution is 5.83. The maximum atomic E-state index is 13.5. The number of hydrogen-bond acceptors (Lipinski definition) is 4. The number of carbonyl (C=O) groups is 2. The molecule has 8 heteroatoms. The van der Waals surface area contributed by atoms with Crippen LogP contribution in [0.4, 0.5) is 9.18 Å². The van der Waals surface area contributed by atoms with Gasteiger partial charge in [0.15, 0.2) is 11.5 Å². The maximum Gasteiger partial charge on any atom is 0.325 e. The number of nitrogens with one attached hydrogen (secondary N) is 1. The molecule has 29 heavy (non-hydrogen) atoms. The summed E-state index contributed by atoms with van der Waals surface area (Å²) in [6.45, 7) is 1.77. The molecule has 154 valence electrons. The van der Waals surface area contributed by atoms with Crippen molar-refractivity contribution in [1.82, 2.24) is 10.2 Å². The highest BCUT2D eigenvalue weighted by Crippen LogP contribution is 2.41. The molecule has 1 aliphatic rings. The Morgan fingerprint density at radius 2 is 1.79 bits per heavy atom. The Morgan fingerprint density at radius 1 is 1.17 bits per heavy atom. The standard InChI is InChI=1S/C21H23FN2O5/c1-12(20(25)26)23-21(27)24-9-8-14-10-17(28-2)18(29-3)11-16(14)19(24)13-4-6-15(22)7-5-13/h4-7,10-12,19H,8-9H2,1-3H3,(H,23,27)(H,25,26)/t12-,19+/m0/s1. The van der Waals surface area contributed by atoms with Gasteiger partial charge in [-0.15, -0.1) is 0 Å². The fraction of sp³-hybridized carbons (Fsp3) is 0.333. The van der Waals surface area contributed by atoms with Gasteiger partial charge in [-0.1, -0.05) is 12.1 Å². The first kappa shape index (κ1) is 20.4. The average Bonchev–Trinajstić information content (AvgIpc) is 2.72. The summed E-state index contributed by atoms with van der Waals surface area (Å²) < 4.78 is 24.3. The first-order valence-corrected chi connectivity index (χ1v) is 9.16. The normalized spacial score (nSPS) is 16.6. The van der Waals surface area contributed by atoms with Gasteiger partial charge in [-0.2, -0.15) is 0 Å². The van der Waals surface area contributed by atoms with E-state index in [2.05, 4.69) is 5.32 Å². The monoisotopic (exact) mass is 402 g/mol. The van der Waals surface area contributed by atoms with Crippen molar-refractivity contribution in [2.24, 2.45) is 0 Å². The third kappa shape index (κ3) is 4.11. The molecule has 2 atom stereocenters. The number of methoxy groups -OCH3 is 2. The molecule has 0 bridgehead atoms. The number of amides is 2. The van der Waals surface area contributed by atoms with Gasteiger partial charge in [-0.25, -0.2) is 9.18 Å². The molecular formula is C21H23FN2O5. The minimum absolute atomic E-state index is 0.364. The summed E-state index contributed by atoms with van der Waals surface area (Å²) in [5.41, 5.74) is 2.50. The van der Waals surface area contributed by atoms with Gasteiger partial charge in [-0.3, -0.25) is 4.79 Å². The lowest BCUT2D eigenvalue weighted by Crippen LogP contribution is -2.50. The molecule has 0 saturated heterocycles. The van der Waals surface area contributed by atoms with Crippen LogP contribution in [0.5, 0.6) is 11.5 Å². The quantitative estimate of drug-likeness (QED) is 0.803. The average molecular weight is 402 g/mol. The van der Waals surface area contributed by atoms with Gasteiger partial charge in [0, 0.05) is 6.54 Å². The van der Waals surface area contributed by atoms with E-state index < -0.39 is 24.1 Å². The van der Waals surface area contributed by atoms with Gasteiger partial charge in [0.25, 0.3) is 0 Å². The van der Waals surface area contributed by atoms with Crippen LogP contribution in [0.1, 0.15) is 29.7 Å². The predicted octanol–water partition coefficient (Wildman–Crippen LogP) is 2.97. The number of ether oxygens (including phenoxy) is 2. The number of carboxylic acids is 1. The fourth-order valence-electron chi connectivity index (χ4n) is 3.50. The molecule has 0 fully saturated rings. The molecule has 0 radical (unpaired) electrons. The van der Waals surface area contributed by atoms with Gasteiger partial charge < -0.3 is 24.8 Å². The molecule has 0 unspecified atom stereocenters. The lowest BCUT2D eigenvalue weighted by molar-refractivity contribution is -0.138. The molecule has 0 aliphatic carbocycles. The zero-order valence-electron chi connectivity index (χ0n) is 16.4. The molecule has 1 heterocycles. The number of fused-ring (bicyclic) bond motifs is 1. The topological polar surface area (TPSA) is 88.1 Å². The number of nitrogens with zero attached hydrogens (tertiary/aromatic N) is 1. The molecule has 2 aromatic carbocycles. The summed E-state index contributed by atoms with van der Waals surface area (Å²) in [7, 11) is 3.08. The van der Waals surface area contributed by atoms with E-state index in [-0.39, 0.29) is 5.82 Å². The van der Waals surface area contributed by atoms with Crippen molar-refractivity contribution >= 4 is 12.0 Å². The number of benzene rings is 2. The molecule has 2 amide bonds. The summed E-state index contributed by atoms with van der Waals surface area (Å²) in [6.07, 6.45) is 0.558. The molecule has 2 N–H and O–H groups in total. The van der Waals surface area contributed by atoms with Gasteiger partial charge in [-0.05, 0) is 54.3 Å². The predicted molar refractivity (Wildman–Crippen MR) is 104 cm³/mol. The van der Waals surface area contributed by atoms with E-state index in [1.807, 2.05) is 12.1 Å². The largest absolute Gasteiger partial charge is 0.493 e. The molecule has 2 aromatic rings. The number of urea groups is 1. The molecule has 3 rings (SSSR count). The zero-order chi connectivity index (χ0) is 21.1. The number of carbonyl (C=O) groups excluding carboxylic acids is 1. The van der Waals surface area contributed by atoms with Crippen LogP contribution in [0.2, 0.25) is 0 Å². The van der Waals surface area contributed by atoms with Crippen molar-refractivity contribution in [2.45, 2.75) is 25.4 Å². The van der Waals surface area contributed by atoms with Gasteiger partial charge in [0.2, 0.25) is 0 Å². The Bertz CT molecular complexity index is 916. The lowest BCUT2D eigenvalue weighted by atomic mass is 9.88. The third-order valence-electron chi connectivity index (χ3n) is 5.03. The van der Waals surface area contributed by atoms with Crippen LogP contribution < -0.4 is 14.8 Å². The van der Waals surface area contributed by atoms with Gasteiger partial charge in [0.1, 0.15) is 11.9 Å². The van der Waals surface area contributed by atoms with Crippen molar-refractivity contribution in [3.63, 3.8) is 0 Å². The zero-order valence-corrected chi connectivity index (χ0v) is 16.4. The van der Waals surface area contributed by atoms with Crippen molar-refractivity contribution in [1.29, 1.82) is 0 Å². The van der Waals surface area contributed by atoms with Crippen LogP contribution in [-0.2, 0) is 11.2 Å². The third-order valence-corrected chi connectivity index (χ3v) is 5.03. The molecule has 0 spiro atoms. The van der Waals surface area contributed by atoms with Gasteiger partial charge >= 0.3 is 12.0 Å². The Labute approximate surface area is 168 Å². The molecule has 0 aromatic heterocycles. The Balaban J connectivity index is 2.08. The highest BCUT2D eigenvalue weighted by Gasteiger charge is 2.34. The summed E-state index contributed by atoms with van der Waals surface area (Å²) >= 11 is 0. The maximum absolute atomic E-state index is 13.5. The van der Waals surface area contributed by atoms with Crippen LogP contribution in [0.3, 0.4) is 0 Å². The molecule has 7 nitrogen and oxygen atoms in total. The Hall–Kier alpha value is -3.29. The van der Waals surface area contributed by atoms with E-state index in [9.17, 15) is 14.0 Å². The van der Waals surface area contributed by atoms with Crippen LogP contribution in [0.15, 0.2) is 36.4 Å². The first-order chi connectivity index (χ1) is 13.8. The SMILES string of the molecule is COc1cc2c(cc1OC)[C@@H](c1ccc(F)cc1)N(C(=O)N[C@@H](C)C(=O)O)CC2. The van der Waals surface area contributed by atoms with E-state index in [0.29, 0.717) is 30.0 Å². The second-order valence-corrected chi connectivity index (χ2v) is 6.81. The number of hydrogen-bond donors (Lipinski definition) is 2. The number of halogens is 1. The minimum Gasteiger partial charge on any atom is -0.493 e. The highest BCUT2D eigenvalue weighted by atomic mass is 19.1. The Morgan fingerprint density at radius 3 is 2.38 bits per heavy atom. The van der Waals surface area contributed by atoms with E-state index in [1.54, 1.807) is 24.1 Å². The molecule has 0 saturated carbocycles. The molecule has 1 aliphatic heterocycles. The number of carboxylic acid groups (broad SMARTS) is 1. The summed E-state index contributed by atoms with van der Waals surface area (Å²) in [5, 5.41) is 11.6. The van der Waals surface area contributed by atoms with E-state index in [0.717, 1.165) is 11.1 Å². The first-order valence-electron chi connectivity index (χ1n) is 9.16. The van der Waals surface area contributed by atoms with Gasteiger partial charge in [0.05, 0.1) is 20.3 Å². The minimum atomic E-state index is -1.12. The summed E-state index contributed by atoms with van der Waals surface area (Å²) in [6, 6.07) is 7.51.